The lowest BCUT2D eigenvalue weighted by atomic mass is 10.2. The highest BCUT2D eigenvalue weighted by Crippen LogP contribution is 2.32. The van der Waals surface area contributed by atoms with E-state index in [-0.39, 0.29) is 11.6 Å². The molecule has 0 bridgehead atoms. The van der Waals surface area contributed by atoms with E-state index in [1.54, 1.807) is 12.1 Å². The van der Waals surface area contributed by atoms with Gasteiger partial charge < -0.3 is 14.6 Å². The summed E-state index contributed by atoms with van der Waals surface area (Å²) < 4.78 is 11.8. The molecule has 0 saturated heterocycles. The van der Waals surface area contributed by atoms with E-state index in [2.05, 4.69) is 9.46 Å². The first-order valence-electron chi connectivity index (χ1n) is 4.43. The largest absolute Gasteiger partial charge is 0.514 e. The smallest absolute Gasteiger partial charge is 0.503 e. The van der Waals surface area contributed by atoms with Crippen molar-refractivity contribution in [3.05, 3.63) is 35.7 Å². The molecule has 0 unspecified atom stereocenters. The van der Waals surface area contributed by atoms with Crippen LogP contribution in [0.2, 0.25) is 0 Å². The first-order chi connectivity index (χ1) is 7.72. The number of ether oxygens (including phenoxy) is 2. The number of nitrogens with one attached hydrogen (secondary N) is 1. The van der Waals surface area contributed by atoms with Crippen LogP contribution in [0.5, 0.6) is 0 Å². The molecule has 0 saturated carbocycles. The first-order valence-corrected chi connectivity index (χ1v) is 5.25. The van der Waals surface area contributed by atoms with Gasteiger partial charge in [-0.15, -0.1) is 0 Å². The molecule has 5 nitrogen and oxygen atoms in total. The van der Waals surface area contributed by atoms with Crippen LogP contribution < -0.4 is 4.72 Å². The Morgan fingerprint density at radius 2 is 2.19 bits per heavy atom. The molecule has 0 aromatic heterocycles. The third-order valence-electron chi connectivity index (χ3n) is 1.96. The van der Waals surface area contributed by atoms with Gasteiger partial charge in [-0.2, -0.15) is 0 Å². The van der Waals surface area contributed by atoms with E-state index in [9.17, 15) is 9.90 Å². The van der Waals surface area contributed by atoms with E-state index in [0.29, 0.717) is 5.56 Å². The number of carbonyl (C=O) groups is 1. The molecular weight excluding hydrogens is 230 g/mol. The molecule has 16 heavy (non-hydrogen) atoms. The lowest BCUT2D eigenvalue weighted by Gasteiger charge is -2.18. The third kappa shape index (κ3) is 1.92. The maximum absolute atomic E-state index is 10.9. The van der Waals surface area contributed by atoms with Crippen LogP contribution >= 0.6 is 11.9 Å². The molecule has 1 aliphatic rings. The highest BCUT2D eigenvalue weighted by Gasteiger charge is 2.22. The molecule has 0 aliphatic carbocycles. The summed E-state index contributed by atoms with van der Waals surface area (Å²) in [5.74, 6) is -0.129. The van der Waals surface area contributed by atoms with Gasteiger partial charge in [0.15, 0.2) is 5.76 Å². The Kier molecular flexibility index (Phi) is 2.91. The van der Waals surface area contributed by atoms with Gasteiger partial charge in [-0.3, -0.25) is 4.72 Å². The van der Waals surface area contributed by atoms with Crippen molar-refractivity contribution in [1.29, 1.82) is 0 Å². The Labute approximate surface area is 96.2 Å². The Hall–Kier alpha value is -1.82. The van der Waals surface area contributed by atoms with Crippen LogP contribution in [0.3, 0.4) is 0 Å². The lowest BCUT2D eigenvalue weighted by Crippen LogP contribution is -2.18. The zero-order chi connectivity index (χ0) is 11.5. The Morgan fingerprint density at radius 1 is 1.44 bits per heavy atom. The summed E-state index contributed by atoms with van der Waals surface area (Å²) in [5, 5.41) is 9.84. The summed E-state index contributed by atoms with van der Waals surface area (Å²) in [6.07, 6.45) is -0.881. The van der Waals surface area contributed by atoms with Gasteiger partial charge in [0, 0.05) is 10.5 Å². The van der Waals surface area contributed by atoms with Crippen molar-refractivity contribution in [3.8, 4) is 0 Å². The molecule has 0 amide bonds. The summed E-state index contributed by atoms with van der Waals surface area (Å²) >= 11 is 1.25. The number of aliphatic hydroxyl groups is 1. The fourth-order valence-corrected chi connectivity index (χ4v) is 1.98. The number of aliphatic hydroxyl groups excluding tert-OH is 1. The Balaban J connectivity index is 2.32. The van der Waals surface area contributed by atoms with E-state index < -0.39 is 6.16 Å². The van der Waals surface area contributed by atoms with Crippen molar-refractivity contribution in [2.75, 3.05) is 7.11 Å². The van der Waals surface area contributed by atoms with Crippen molar-refractivity contribution in [2.45, 2.75) is 4.90 Å². The summed E-state index contributed by atoms with van der Waals surface area (Å²) in [5.41, 5.74) is 0.616. The zero-order valence-corrected chi connectivity index (χ0v) is 9.21. The fraction of sp³-hybridized carbons (Fsp3) is 0.100. The SMILES string of the molecule is COC(=O)OC1=C(O)c2ccccc2SN1. The van der Waals surface area contributed by atoms with Crippen molar-refractivity contribution < 1.29 is 19.4 Å². The number of rotatable bonds is 1. The number of hydrogen-bond donors (Lipinski definition) is 2. The monoisotopic (exact) mass is 239 g/mol. The van der Waals surface area contributed by atoms with Gasteiger partial charge in [0.25, 0.3) is 5.88 Å². The number of fused-ring (bicyclic) bond motifs is 1. The van der Waals surface area contributed by atoms with Gasteiger partial charge in [0.2, 0.25) is 0 Å². The van der Waals surface area contributed by atoms with Crippen LogP contribution in [0.15, 0.2) is 35.0 Å². The lowest BCUT2D eigenvalue weighted by molar-refractivity contribution is 0.0937. The number of hydrogen-bond acceptors (Lipinski definition) is 6. The molecule has 0 spiro atoms. The number of methoxy groups -OCH3 is 1. The Bertz CT molecular complexity index is 458. The van der Waals surface area contributed by atoms with Gasteiger partial charge >= 0.3 is 6.16 Å². The second-order valence-corrected chi connectivity index (χ2v) is 3.78. The second kappa shape index (κ2) is 4.36. The summed E-state index contributed by atoms with van der Waals surface area (Å²) in [6, 6.07) is 7.22. The molecule has 1 heterocycles. The molecular formula is C10H9NO4S. The van der Waals surface area contributed by atoms with Gasteiger partial charge in [-0.1, -0.05) is 12.1 Å². The summed E-state index contributed by atoms with van der Waals surface area (Å²) in [6.45, 7) is 0. The van der Waals surface area contributed by atoms with Crippen LogP contribution in [-0.2, 0) is 9.47 Å². The van der Waals surface area contributed by atoms with Crippen LogP contribution in [0.4, 0.5) is 4.79 Å². The molecule has 2 rings (SSSR count). The van der Waals surface area contributed by atoms with Crippen LogP contribution in [0, 0.1) is 0 Å². The minimum Gasteiger partial charge on any atom is -0.503 e. The molecule has 84 valence electrons. The molecule has 1 aromatic rings. The molecule has 2 N–H and O–H groups in total. The second-order valence-electron chi connectivity index (χ2n) is 2.93. The van der Waals surface area contributed by atoms with Gasteiger partial charge in [-0.25, -0.2) is 4.79 Å². The van der Waals surface area contributed by atoms with E-state index in [0.717, 1.165) is 4.90 Å². The quantitative estimate of drug-likeness (QED) is 0.578. The van der Waals surface area contributed by atoms with E-state index in [1.165, 1.54) is 19.1 Å². The van der Waals surface area contributed by atoms with Gasteiger partial charge in [0.1, 0.15) is 0 Å². The van der Waals surface area contributed by atoms with Crippen molar-refractivity contribution >= 4 is 23.9 Å². The maximum atomic E-state index is 10.9. The third-order valence-corrected chi connectivity index (χ3v) is 2.83. The predicted octanol–water partition coefficient (Wildman–Crippen LogP) is 2.26. The van der Waals surface area contributed by atoms with Crippen LogP contribution in [-0.4, -0.2) is 18.4 Å². The van der Waals surface area contributed by atoms with E-state index >= 15 is 0 Å². The van der Waals surface area contributed by atoms with Gasteiger partial charge in [-0.05, 0) is 24.1 Å². The van der Waals surface area contributed by atoms with Gasteiger partial charge in [0.05, 0.1) is 7.11 Å². The topological polar surface area (TPSA) is 67.8 Å². The van der Waals surface area contributed by atoms with Crippen molar-refractivity contribution in [3.63, 3.8) is 0 Å². The fourth-order valence-electron chi connectivity index (χ4n) is 1.22. The summed E-state index contributed by atoms with van der Waals surface area (Å²) in [7, 11) is 1.20. The van der Waals surface area contributed by atoms with E-state index in [4.69, 9.17) is 4.74 Å². The maximum Gasteiger partial charge on any atom is 0.514 e. The van der Waals surface area contributed by atoms with Crippen molar-refractivity contribution in [2.24, 2.45) is 0 Å². The van der Waals surface area contributed by atoms with Crippen LogP contribution in [0.1, 0.15) is 5.56 Å². The van der Waals surface area contributed by atoms with Crippen LogP contribution in [0.25, 0.3) is 5.76 Å². The molecule has 6 heteroatoms. The highest BCUT2D eigenvalue weighted by atomic mass is 32.2. The summed E-state index contributed by atoms with van der Waals surface area (Å²) in [4.78, 5) is 11.8. The minimum atomic E-state index is -0.881. The first kappa shape index (κ1) is 10.7. The highest BCUT2D eigenvalue weighted by molar-refractivity contribution is 7.97. The molecule has 0 atom stereocenters. The average molecular weight is 239 g/mol. The Morgan fingerprint density at radius 3 is 2.94 bits per heavy atom. The zero-order valence-electron chi connectivity index (χ0n) is 8.39. The normalized spacial score (nSPS) is 13.8. The molecule has 0 fully saturated rings. The molecule has 1 aromatic carbocycles. The number of carbonyl (C=O) groups excluding carboxylic acids is 1. The molecule has 0 radical (unpaired) electrons. The van der Waals surface area contributed by atoms with E-state index in [1.807, 2.05) is 12.1 Å². The predicted molar refractivity (Wildman–Crippen MR) is 58.5 cm³/mol. The minimum absolute atomic E-state index is 0.0180. The van der Waals surface area contributed by atoms with Crippen molar-refractivity contribution in [1.82, 2.24) is 4.72 Å². The average Bonchev–Trinajstić information content (AvgIpc) is 2.33. The molecule has 1 aliphatic heterocycles. The number of benzene rings is 1. The standard InChI is InChI=1S/C10H9NO4S/c1-14-10(13)15-9-8(12)6-4-2-3-5-7(6)16-11-9/h2-5,11-12H,1H3.